The fourth-order valence-electron chi connectivity index (χ4n) is 2.80. The molecule has 0 saturated heterocycles. The predicted molar refractivity (Wildman–Crippen MR) is 93.4 cm³/mol. The van der Waals surface area contributed by atoms with E-state index in [4.69, 9.17) is 4.74 Å². The predicted octanol–water partition coefficient (Wildman–Crippen LogP) is 6.33. The largest absolute Gasteiger partial charge is 0.493 e. The minimum absolute atomic E-state index is 0.636. The van der Waals surface area contributed by atoms with E-state index >= 15 is 0 Å². The molecule has 0 aromatic heterocycles. The summed E-state index contributed by atoms with van der Waals surface area (Å²) in [6.45, 7) is 11.9. The molecule has 0 radical (unpaired) electrons. The van der Waals surface area contributed by atoms with Crippen molar-refractivity contribution in [3.63, 3.8) is 0 Å². The molecule has 0 aliphatic rings. The van der Waals surface area contributed by atoms with Crippen molar-refractivity contribution in [3.05, 3.63) is 41.0 Å². The molecule has 21 heavy (non-hydrogen) atoms. The molecule has 1 heteroatoms. The van der Waals surface area contributed by atoms with Gasteiger partial charge in [-0.05, 0) is 68.2 Å². The molecule has 0 bridgehead atoms. The number of hydrogen-bond donors (Lipinski definition) is 0. The van der Waals surface area contributed by atoms with Gasteiger partial charge in [-0.1, -0.05) is 45.4 Å². The summed E-state index contributed by atoms with van der Waals surface area (Å²) in [7, 11) is 0. The Bertz CT molecular complexity index is 445. The molecule has 1 atom stereocenters. The summed E-state index contributed by atoms with van der Waals surface area (Å²) in [5, 5.41) is 0. The average molecular weight is 288 g/mol. The van der Waals surface area contributed by atoms with E-state index in [-0.39, 0.29) is 0 Å². The van der Waals surface area contributed by atoms with Crippen LogP contribution in [0.4, 0.5) is 0 Å². The summed E-state index contributed by atoms with van der Waals surface area (Å²) in [5.74, 6) is 1.69. The Labute approximate surface area is 131 Å². The van der Waals surface area contributed by atoms with Crippen molar-refractivity contribution in [1.82, 2.24) is 0 Å². The maximum Gasteiger partial charge on any atom is 0.122 e. The van der Waals surface area contributed by atoms with Crippen LogP contribution < -0.4 is 4.74 Å². The minimum Gasteiger partial charge on any atom is -0.493 e. The van der Waals surface area contributed by atoms with Crippen LogP contribution in [0.25, 0.3) is 0 Å². The Morgan fingerprint density at radius 3 is 2.38 bits per heavy atom. The first-order valence-electron chi connectivity index (χ1n) is 8.53. The Kier molecular flexibility index (Phi) is 8.19. The van der Waals surface area contributed by atoms with E-state index in [2.05, 4.69) is 58.9 Å². The Morgan fingerprint density at radius 1 is 1.00 bits per heavy atom. The first-order chi connectivity index (χ1) is 10.2. The van der Waals surface area contributed by atoms with E-state index in [1.165, 1.54) is 29.5 Å². The fourth-order valence-corrected chi connectivity index (χ4v) is 2.80. The van der Waals surface area contributed by atoms with Gasteiger partial charge in [0.25, 0.3) is 0 Å². The van der Waals surface area contributed by atoms with Gasteiger partial charge < -0.3 is 4.74 Å². The Hall–Kier alpha value is -1.24. The van der Waals surface area contributed by atoms with E-state index in [0.717, 1.165) is 31.6 Å². The molecule has 1 unspecified atom stereocenters. The third-order valence-corrected chi connectivity index (χ3v) is 4.14. The van der Waals surface area contributed by atoms with Gasteiger partial charge in [0.2, 0.25) is 0 Å². The van der Waals surface area contributed by atoms with Crippen LogP contribution >= 0.6 is 0 Å². The molecule has 1 aromatic carbocycles. The van der Waals surface area contributed by atoms with Crippen LogP contribution in [0.5, 0.6) is 5.75 Å². The van der Waals surface area contributed by atoms with Gasteiger partial charge in [0.1, 0.15) is 5.75 Å². The van der Waals surface area contributed by atoms with Crippen LogP contribution in [0.3, 0.4) is 0 Å². The van der Waals surface area contributed by atoms with Crippen LogP contribution in [0.1, 0.15) is 75.5 Å². The molecule has 1 aromatic rings. The van der Waals surface area contributed by atoms with Crippen LogP contribution in [0, 0.1) is 13.8 Å². The van der Waals surface area contributed by atoms with Crippen molar-refractivity contribution in [2.75, 3.05) is 6.61 Å². The molecule has 0 saturated carbocycles. The third-order valence-electron chi connectivity index (χ3n) is 4.14. The number of hydrogen-bond acceptors (Lipinski definition) is 1. The van der Waals surface area contributed by atoms with E-state index in [0.29, 0.717) is 5.92 Å². The first kappa shape index (κ1) is 17.8. The van der Waals surface area contributed by atoms with Gasteiger partial charge in [0.15, 0.2) is 0 Å². The Morgan fingerprint density at radius 2 is 1.76 bits per heavy atom. The van der Waals surface area contributed by atoms with E-state index < -0.39 is 0 Å². The van der Waals surface area contributed by atoms with Gasteiger partial charge in [-0.25, -0.2) is 0 Å². The second-order valence-corrected chi connectivity index (χ2v) is 5.85. The Balaban J connectivity index is 2.97. The lowest BCUT2D eigenvalue weighted by molar-refractivity contribution is 0.315. The van der Waals surface area contributed by atoms with Crippen molar-refractivity contribution in [1.29, 1.82) is 0 Å². The van der Waals surface area contributed by atoms with Crippen molar-refractivity contribution in [2.24, 2.45) is 0 Å². The highest BCUT2D eigenvalue weighted by Gasteiger charge is 2.15. The minimum atomic E-state index is 0.636. The van der Waals surface area contributed by atoms with Gasteiger partial charge in [0.05, 0.1) is 6.61 Å². The van der Waals surface area contributed by atoms with E-state index in [1.807, 2.05) is 0 Å². The zero-order valence-corrected chi connectivity index (χ0v) is 14.5. The van der Waals surface area contributed by atoms with Gasteiger partial charge in [-0.3, -0.25) is 0 Å². The molecule has 0 spiro atoms. The smallest absolute Gasteiger partial charge is 0.122 e. The summed E-state index contributed by atoms with van der Waals surface area (Å²) < 4.78 is 5.85. The molecule has 1 nitrogen and oxygen atoms in total. The van der Waals surface area contributed by atoms with Crippen LogP contribution in [0.15, 0.2) is 24.3 Å². The molecule has 0 aliphatic carbocycles. The average Bonchev–Trinajstić information content (AvgIpc) is 2.48. The second-order valence-electron chi connectivity index (χ2n) is 5.85. The van der Waals surface area contributed by atoms with Gasteiger partial charge in [-0.2, -0.15) is 0 Å². The number of rotatable bonds is 9. The highest BCUT2D eigenvalue weighted by molar-refractivity contribution is 5.45. The third kappa shape index (κ3) is 5.22. The molecule has 0 N–H and O–H groups in total. The molecular weight excluding hydrogens is 256 g/mol. The number of ether oxygens (including phenoxy) is 1. The molecule has 0 heterocycles. The van der Waals surface area contributed by atoms with Crippen LogP contribution in [-0.2, 0) is 0 Å². The lowest BCUT2D eigenvalue weighted by Crippen LogP contribution is -2.04. The highest BCUT2D eigenvalue weighted by Crippen LogP contribution is 2.33. The van der Waals surface area contributed by atoms with E-state index in [1.54, 1.807) is 0 Å². The summed E-state index contributed by atoms with van der Waals surface area (Å²) in [6, 6.07) is 4.45. The lowest BCUT2D eigenvalue weighted by atomic mass is 9.86. The standard InChI is InChI=1S/C20H32O/c1-6-9-10-12-18(11-7-2)19-13-14-20(21-15-8-3)17(5)16(19)4/h9-10,13-14,18H,6-8,11-12,15H2,1-5H3/b10-9-. The van der Waals surface area contributed by atoms with Crippen molar-refractivity contribution >= 4 is 0 Å². The lowest BCUT2D eigenvalue weighted by Gasteiger charge is -2.20. The van der Waals surface area contributed by atoms with Crippen molar-refractivity contribution in [2.45, 2.75) is 72.6 Å². The molecule has 0 amide bonds. The van der Waals surface area contributed by atoms with Crippen molar-refractivity contribution in [3.8, 4) is 5.75 Å². The quantitative estimate of drug-likeness (QED) is 0.482. The van der Waals surface area contributed by atoms with Crippen LogP contribution in [0.2, 0.25) is 0 Å². The fraction of sp³-hybridized carbons (Fsp3) is 0.600. The maximum atomic E-state index is 5.85. The molecule has 118 valence electrons. The van der Waals surface area contributed by atoms with Gasteiger partial charge in [0, 0.05) is 0 Å². The molecular formula is C20H32O. The summed E-state index contributed by atoms with van der Waals surface area (Å²) in [6.07, 6.45) is 10.4. The highest BCUT2D eigenvalue weighted by atomic mass is 16.5. The van der Waals surface area contributed by atoms with Gasteiger partial charge in [-0.15, -0.1) is 0 Å². The maximum absolute atomic E-state index is 5.85. The van der Waals surface area contributed by atoms with Crippen LogP contribution in [-0.4, -0.2) is 6.61 Å². The zero-order valence-electron chi connectivity index (χ0n) is 14.5. The number of allylic oxidation sites excluding steroid dienone is 2. The normalized spacial score (nSPS) is 12.8. The summed E-state index contributed by atoms with van der Waals surface area (Å²) >= 11 is 0. The summed E-state index contributed by atoms with van der Waals surface area (Å²) in [5.41, 5.74) is 4.22. The molecule has 1 rings (SSSR count). The van der Waals surface area contributed by atoms with E-state index in [9.17, 15) is 0 Å². The summed E-state index contributed by atoms with van der Waals surface area (Å²) in [4.78, 5) is 0. The molecule has 0 aliphatic heterocycles. The second kappa shape index (κ2) is 9.65. The number of benzene rings is 1. The van der Waals surface area contributed by atoms with Gasteiger partial charge >= 0.3 is 0 Å². The SMILES string of the molecule is CC/C=C\CC(CCC)c1ccc(OCCC)c(C)c1C. The monoisotopic (exact) mass is 288 g/mol. The van der Waals surface area contributed by atoms with Crippen molar-refractivity contribution < 1.29 is 4.74 Å². The topological polar surface area (TPSA) is 9.23 Å². The molecule has 0 fully saturated rings. The zero-order chi connectivity index (χ0) is 15.7. The first-order valence-corrected chi connectivity index (χ1v) is 8.53.